The summed E-state index contributed by atoms with van der Waals surface area (Å²) in [5.74, 6) is -0.473. The summed E-state index contributed by atoms with van der Waals surface area (Å²) in [6.07, 6.45) is 0. The second-order valence-corrected chi connectivity index (χ2v) is 10.8. The number of rotatable bonds is 7. The molecule has 28 heavy (non-hydrogen) atoms. The number of benzene rings is 2. The van der Waals surface area contributed by atoms with Crippen LogP contribution in [-0.2, 0) is 25.8 Å². The fourth-order valence-electron chi connectivity index (χ4n) is 2.92. The standard InChI is InChI=1S/C23H31NO3S/c1-17(20-9-7-6-8-10-20)15-24-22(25)18(2)28(26,27)16-19-11-13-21(14-12-19)23(3,4)5/h6-14,17-18H,15-16H2,1-5H3,(H,24,25). The molecule has 2 aromatic carbocycles. The van der Waals surface area contributed by atoms with Gasteiger partial charge in [-0.15, -0.1) is 0 Å². The van der Waals surface area contributed by atoms with E-state index in [2.05, 4.69) is 26.1 Å². The zero-order chi connectivity index (χ0) is 20.9. The fraction of sp³-hybridized carbons (Fsp3) is 0.435. The van der Waals surface area contributed by atoms with Crippen molar-refractivity contribution in [1.29, 1.82) is 0 Å². The van der Waals surface area contributed by atoms with Crippen LogP contribution in [0.15, 0.2) is 54.6 Å². The van der Waals surface area contributed by atoms with E-state index < -0.39 is 21.0 Å². The van der Waals surface area contributed by atoms with Gasteiger partial charge in [0.2, 0.25) is 5.91 Å². The Morgan fingerprint density at radius 2 is 1.54 bits per heavy atom. The topological polar surface area (TPSA) is 63.2 Å². The van der Waals surface area contributed by atoms with Gasteiger partial charge in [-0.1, -0.05) is 82.3 Å². The van der Waals surface area contributed by atoms with Crippen molar-refractivity contribution in [2.75, 3.05) is 6.54 Å². The Labute approximate surface area is 169 Å². The second kappa shape index (κ2) is 8.91. The highest BCUT2D eigenvalue weighted by Crippen LogP contribution is 2.23. The summed E-state index contributed by atoms with van der Waals surface area (Å²) in [6, 6.07) is 17.4. The summed E-state index contributed by atoms with van der Waals surface area (Å²) in [4.78, 5) is 12.4. The monoisotopic (exact) mass is 401 g/mol. The molecular weight excluding hydrogens is 370 g/mol. The van der Waals surface area contributed by atoms with Gasteiger partial charge in [0.1, 0.15) is 5.25 Å². The van der Waals surface area contributed by atoms with Gasteiger partial charge in [-0.05, 0) is 34.9 Å². The zero-order valence-corrected chi connectivity index (χ0v) is 18.2. The van der Waals surface area contributed by atoms with Crippen LogP contribution in [0.5, 0.6) is 0 Å². The summed E-state index contributed by atoms with van der Waals surface area (Å²) in [6.45, 7) is 10.2. The number of hydrogen-bond acceptors (Lipinski definition) is 3. The average Bonchev–Trinajstić information content (AvgIpc) is 2.65. The summed E-state index contributed by atoms with van der Waals surface area (Å²) < 4.78 is 25.4. The highest BCUT2D eigenvalue weighted by molar-refractivity contribution is 7.92. The molecule has 0 aromatic heterocycles. The lowest BCUT2D eigenvalue weighted by atomic mass is 9.87. The molecule has 0 heterocycles. The number of hydrogen-bond donors (Lipinski definition) is 1. The Morgan fingerprint density at radius 1 is 0.964 bits per heavy atom. The fourth-order valence-corrected chi connectivity index (χ4v) is 4.23. The second-order valence-electron chi connectivity index (χ2n) is 8.45. The molecule has 0 saturated carbocycles. The van der Waals surface area contributed by atoms with Crippen molar-refractivity contribution in [3.8, 4) is 0 Å². The summed E-state index contributed by atoms with van der Waals surface area (Å²) in [5, 5.41) is 1.70. The molecule has 0 aliphatic carbocycles. The van der Waals surface area contributed by atoms with Crippen LogP contribution < -0.4 is 5.32 Å². The quantitative estimate of drug-likeness (QED) is 0.756. The maximum atomic E-state index is 12.7. The predicted molar refractivity (Wildman–Crippen MR) is 115 cm³/mol. The Balaban J connectivity index is 1.97. The summed E-state index contributed by atoms with van der Waals surface area (Å²) in [5.41, 5.74) is 2.97. The Bertz CT molecular complexity index is 882. The van der Waals surface area contributed by atoms with E-state index in [0.717, 1.165) is 11.1 Å². The van der Waals surface area contributed by atoms with Crippen LogP contribution in [0.25, 0.3) is 0 Å². The van der Waals surface area contributed by atoms with Crippen molar-refractivity contribution in [1.82, 2.24) is 5.32 Å². The van der Waals surface area contributed by atoms with Crippen LogP contribution >= 0.6 is 0 Å². The number of carbonyl (C=O) groups excluding carboxylic acids is 1. The molecule has 4 nitrogen and oxygen atoms in total. The minimum absolute atomic E-state index is 0.0139. The molecule has 2 unspecified atom stereocenters. The zero-order valence-electron chi connectivity index (χ0n) is 17.4. The molecule has 0 fully saturated rings. The lowest BCUT2D eigenvalue weighted by Crippen LogP contribution is -2.39. The predicted octanol–water partition coefficient (Wildman–Crippen LogP) is 4.21. The van der Waals surface area contributed by atoms with Crippen molar-refractivity contribution < 1.29 is 13.2 Å². The minimum atomic E-state index is -3.59. The van der Waals surface area contributed by atoms with Crippen molar-refractivity contribution in [2.24, 2.45) is 0 Å². The number of amides is 1. The molecule has 5 heteroatoms. The number of carbonyl (C=O) groups is 1. The van der Waals surface area contributed by atoms with E-state index in [0.29, 0.717) is 12.1 Å². The van der Waals surface area contributed by atoms with E-state index in [1.807, 2.05) is 61.5 Å². The first-order valence-electron chi connectivity index (χ1n) is 9.64. The van der Waals surface area contributed by atoms with Crippen molar-refractivity contribution in [3.05, 3.63) is 71.3 Å². The van der Waals surface area contributed by atoms with Gasteiger partial charge < -0.3 is 5.32 Å². The van der Waals surface area contributed by atoms with Crippen LogP contribution in [0.1, 0.15) is 57.2 Å². The molecule has 0 spiro atoms. The molecule has 1 amide bonds. The smallest absolute Gasteiger partial charge is 0.238 e. The van der Waals surface area contributed by atoms with Gasteiger partial charge in [-0.25, -0.2) is 8.42 Å². The molecule has 0 saturated heterocycles. The van der Waals surface area contributed by atoms with Crippen molar-refractivity contribution >= 4 is 15.7 Å². The van der Waals surface area contributed by atoms with E-state index in [9.17, 15) is 13.2 Å². The van der Waals surface area contributed by atoms with Crippen LogP contribution in [-0.4, -0.2) is 26.1 Å². The highest BCUT2D eigenvalue weighted by atomic mass is 32.2. The van der Waals surface area contributed by atoms with Gasteiger partial charge in [0.25, 0.3) is 0 Å². The number of nitrogens with one attached hydrogen (secondary N) is 1. The van der Waals surface area contributed by atoms with Crippen molar-refractivity contribution in [3.63, 3.8) is 0 Å². The molecular formula is C23H31NO3S. The summed E-state index contributed by atoms with van der Waals surface area (Å²) in [7, 11) is -3.59. The van der Waals surface area contributed by atoms with Crippen LogP contribution in [0.4, 0.5) is 0 Å². The average molecular weight is 402 g/mol. The van der Waals surface area contributed by atoms with E-state index >= 15 is 0 Å². The largest absolute Gasteiger partial charge is 0.354 e. The lowest BCUT2D eigenvalue weighted by molar-refractivity contribution is -0.120. The SMILES string of the molecule is CC(CNC(=O)C(C)S(=O)(=O)Cc1ccc(C(C)(C)C)cc1)c1ccccc1. The van der Waals surface area contributed by atoms with E-state index in [1.165, 1.54) is 6.92 Å². The van der Waals surface area contributed by atoms with E-state index in [4.69, 9.17) is 0 Å². The van der Waals surface area contributed by atoms with Crippen LogP contribution in [0.2, 0.25) is 0 Å². The molecule has 0 bridgehead atoms. The number of sulfone groups is 1. The lowest BCUT2D eigenvalue weighted by Gasteiger charge is -2.19. The minimum Gasteiger partial charge on any atom is -0.354 e. The molecule has 0 aliphatic rings. The van der Waals surface area contributed by atoms with E-state index in [1.54, 1.807) is 0 Å². The van der Waals surface area contributed by atoms with Crippen LogP contribution in [0.3, 0.4) is 0 Å². The van der Waals surface area contributed by atoms with Gasteiger partial charge in [-0.2, -0.15) is 0 Å². The first-order chi connectivity index (χ1) is 13.0. The van der Waals surface area contributed by atoms with Crippen molar-refractivity contribution in [2.45, 2.75) is 57.0 Å². The third-order valence-electron chi connectivity index (χ3n) is 5.05. The maximum absolute atomic E-state index is 12.7. The molecule has 2 rings (SSSR count). The Hall–Kier alpha value is -2.14. The van der Waals surface area contributed by atoms with Gasteiger partial charge in [0.15, 0.2) is 9.84 Å². The highest BCUT2D eigenvalue weighted by Gasteiger charge is 2.28. The van der Waals surface area contributed by atoms with Crippen LogP contribution in [0, 0.1) is 0 Å². The normalized spacial score (nSPS) is 14.3. The summed E-state index contributed by atoms with van der Waals surface area (Å²) >= 11 is 0. The Kier molecular flexibility index (Phi) is 7.05. The molecule has 2 aromatic rings. The van der Waals surface area contributed by atoms with Gasteiger partial charge >= 0.3 is 0 Å². The van der Waals surface area contributed by atoms with Gasteiger partial charge in [0, 0.05) is 6.54 Å². The third kappa shape index (κ3) is 5.93. The first kappa shape index (κ1) is 22.2. The third-order valence-corrected chi connectivity index (χ3v) is 7.07. The van der Waals surface area contributed by atoms with Gasteiger partial charge in [-0.3, -0.25) is 4.79 Å². The maximum Gasteiger partial charge on any atom is 0.238 e. The molecule has 1 N–H and O–H groups in total. The van der Waals surface area contributed by atoms with E-state index in [-0.39, 0.29) is 17.1 Å². The Morgan fingerprint density at radius 3 is 2.07 bits per heavy atom. The first-order valence-corrected chi connectivity index (χ1v) is 11.4. The molecule has 2 atom stereocenters. The molecule has 152 valence electrons. The van der Waals surface area contributed by atoms with Gasteiger partial charge in [0.05, 0.1) is 5.75 Å². The molecule has 0 aliphatic heterocycles. The molecule has 0 radical (unpaired) electrons.